The number of hydrogen-bond acceptors (Lipinski definition) is 3. The molecule has 0 radical (unpaired) electrons. The predicted octanol–water partition coefficient (Wildman–Crippen LogP) is 4.11. The molecule has 0 fully saturated rings. The van der Waals surface area contributed by atoms with Crippen LogP contribution < -0.4 is 15.4 Å². The second kappa shape index (κ2) is 9.69. The fourth-order valence-electron chi connectivity index (χ4n) is 2.52. The highest BCUT2D eigenvalue weighted by Crippen LogP contribution is 2.20. The molecule has 5 nitrogen and oxygen atoms in total. The Morgan fingerprint density at radius 2 is 1.76 bits per heavy atom. The van der Waals surface area contributed by atoms with Crippen LogP contribution in [0.5, 0.6) is 5.75 Å². The molecule has 0 saturated carbocycles. The van der Waals surface area contributed by atoms with E-state index in [1.54, 1.807) is 0 Å². The third-order valence-electron chi connectivity index (χ3n) is 3.64. The Labute approximate surface area is 149 Å². The van der Waals surface area contributed by atoms with Crippen molar-refractivity contribution in [2.24, 2.45) is 0 Å². The van der Waals surface area contributed by atoms with E-state index in [1.165, 1.54) is 0 Å². The molecule has 25 heavy (non-hydrogen) atoms. The molecule has 0 aliphatic heterocycles. The van der Waals surface area contributed by atoms with Crippen LogP contribution >= 0.6 is 0 Å². The van der Waals surface area contributed by atoms with Crippen LogP contribution in [0.15, 0.2) is 54.6 Å². The van der Waals surface area contributed by atoms with E-state index in [1.807, 2.05) is 68.4 Å². The number of hydrogen-bond donors (Lipinski definition) is 3. The van der Waals surface area contributed by atoms with Crippen LogP contribution in [0.25, 0.3) is 0 Å². The van der Waals surface area contributed by atoms with Crippen molar-refractivity contribution < 1.29 is 14.6 Å². The summed E-state index contributed by atoms with van der Waals surface area (Å²) in [7, 11) is 0. The lowest BCUT2D eigenvalue weighted by Gasteiger charge is -2.19. The molecule has 5 heteroatoms. The summed E-state index contributed by atoms with van der Waals surface area (Å²) in [5.74, 6) is 0.770. The van der Waals surface area contributed by atoms with E-state index in [-0.39, 0.29) is 24.8 Å². The molecule has 0 heterocycles. The maximum Gasteiger partial charge on any atom is 0.319 e. The van der Waals surface area contributed by atoms with Crippen LogP contribution in [-0.4, -0.2) is 23.8 Å². The molecule has 0 spiro atoms. The summed E-state index contributed by atoms with van der Waals surface area (Å²) in [4.78, 5) is 12.3. The Kier molecular flexibility index (Phi) is 7.29. The minimum Gasteiger partial charge on any atom is -0.491 e. The Hall–Kier alpha value is -2.53. The van der Waals surface area contributed by atoms with E-state index in [4.69, 9.17) is 9.84 Å². The lowest BCUT2D eigenvalue weighted by atomic mass is 10.0. The van der Waals surface area contributed by atoms with Crippen LogP contribution in [-0.2, 0) is 0 Å². The van der Waals surface area contributed by atoms with Gasteiger partial charge in [0.1, 0.15) is 5.75 Å². The first-order chi connectivity index (χ1) is 12.1. The fourth-order valence-corrected chi connectivity index (χ4v) is 2.52. The SMILES string of the molecule is CC(C)Oc1ccc(NC(=O)NC(CCCO)c2ccccc2)cc1. The third-order valence-corrected chi connectivity index (χ3v) is 3.64. The molecule has 3 N–H and O–H groups in total. The van der Waals surface area contributed by atoms with Crippen molar-refractivity contribution in [3.8, 4) is 5.75 Å². The van der Waals surface area contributed by atoms with Gasteiger partial charge in [-0.2, -0.15) is 0 Å². The first-order valence-electron chi connectivity index (χ1n) is 8.58. The van der Waals surface area contributed by atoms with Crippen LogP contribution in [0.2, 0.25) is 0 Å². The molecular formula is C20H26N2O3. The van der Waals surface area contributed by atoms with E-state index in [0.29, 0.717) is 18.5 Å². The molecule has 0 aliphatic carbocycles. The van der Waals surface area contributed by atoms with Gasteiger partial charge in [-0.05, 0) is 56.5 Å². The van der Waals surface area contributed by atoms with E-state index < -0.39 is 0 Å². The number of urea groups is 1. The van der Waals surface area contributed by atoms with E-state index in [9.17, 15) is 4.79 Å². The Morgan fingerprint density at radius 1 is 1.08 bits per heavy atom. The molecule has 1 unspecified atom stereocenters. The van der Waals surface area contributed by atoms with Gasteiger partial charge in [-0.1, -0.05) is 30.3 Å². The van der Waals surface area contributed by atoms with Crippen LogP contribution in [0.4, 0.5) is 10.5 Å². The molecule has 0 aliphatic rings. The Bertz CT molecular complexity index is 642. The number of carbonyl (C=O) groups excluding carboxylic acids is 1. The van der Waals surface area contributed by atoms with Gasteiger partial charge >= 0.3 is 6.03 Å². The highest BCUT2D eigenvalue weighted by Gasteiger charge is 2.14. The van der Waals surface area contributed by atoms with E-state index in [0.717, 1.165) is 11.3 Å². The number of carbonyl (C=O) groups is 1. The largest absolute Gasteiger partial charge is 0.491 e. The summed E-state index contributed by atoms with van der Waals surface area (Å²) in [6.07, 6.45) is 1.41. The van der Waals surface area contributed by atoms with Gasteiger partial charge in [-0.25, -0.2) is 4.79 Å². The van der Waals surface area contributed by atoms with Gasteiger partial charge in [-0.3, -0.25) is 0 Å². The first kappa shape index (κ1) is 18.8. The monoisotopic (exact) mass is 342 g/mol. The van der Waals surface area contributed by atoms with Gasteiger partial charge in [0.05, 0.1) is 12.1 Å². The minimum absolute atomic E-state index is 0.101. The van der Waals surface area contributed by atoms with E-state index >= 15 is 0 Å². The van der Waals surface area contributed by atoms with Crippen LogP contribution in [0, 0.1) is 0 Å². The number of benzene rings is 2. The van der Waals surface area contributed by atoms with E-state index in [2.05, 4.69) is 10.6 Å². The second-order valence-corrected chi connectivity index (χ2v) is 6.12. The summed E-state index contributed by atoms with van der Waals surface area (Å²) in [5.41, 5.74) is 1.72. The van der Waals surface area contributed by atoms with Crippen molar-refractivity contribution in [3.63, 3.8) is 0 Å². The molecule has 0 aromatic heterocycles. The number of amides is 2. The number of rotatable bonds is 8. The second-order valence-electron chi connectivity index (χ2n) is 6.12. The zero-order valence-electron chi connectivity index (χ0n) is 14.7. The van der Waals surface area contributed by atoms with Crippen molar-refractivity contribution >= 4 is 11.7 Å². The molecule has 0 saturated heterocycles. The molecule has 2 aromatic rings. The van der Waals surface area contributed by atoms with Crippen molar-refractivity contribution in [1.29, 1.82) is 0 Å². The van der Waals surface area contributed by atoms with Gasteiger partial charge in [-0.15, -0.1) is 0 Å². The number of nitrogens with one attached hydrogen (secondary N) is 2. The summed E-state index contributed by atoms with van der Waals surface area (Å²) >= 11 is 0. The fraction of sp³-hybridized carbons (Fsp3) is 0.350. The lowest BCUT2D eigenvalue weighted by molar-refractivity contribution is 0.242. The molecule has 1 atom stereocenters. The number of ether oxygens (including phenoxy) is 1. The average Bonchev–Trinajstić information content (AvgIpc) is 2.60. The topological polar surface area (TPSA) is 70.6 Å². The summed E-state index contributed by atoms with van der Waals surface area (Å²) in [5, 5.41) is 14.9. The zero-order valence-corrected chi connectivity index (χ0v) is 14.7. The van der Waals surface area contributed by atoms with Gasteiger partial charge in [0.2, 0.25) is 0 Å². The number of aliphatic hydroxyl groups is 1. The highest BCUT2D eigenvalue weighted by molar-refractivity contribution is 5.89. The minimum atomic E-state index is -0.274. The predicted molar refractivity (Wildman–Crippen MR) is 99.9 cm³/mol. The highest BCUT2D eigenvalue weighted by atomic mass is 16.5. The molecule has 2 aromatic carbocycles. The standard InChI is InChI=1S/C20H26N2O3/c1-15(2)25-18-12-10-17(11-13-18)21-20(24)22-19(9-6-14-23)16-7-4-3-5-8-16/h3-5,7-8,10-13,15,19,23H,6,9,14H2,1-2H3,(H2,21,22,24). The summed E-state index contributed by atoms with van der Waals surface area (Å²) in [6.45, 7) is 4.04. The quantitative estimate of drug-likeness (QED) is 0.676. The molecule has 0 bridgehead atoms. The molecular weight excluding hydrogens is 316 g/mol. The lowest BCUT2D eigenvalue weighted by Crippen LogP contribution is -2.32. The van der Waals surface area contributed by atoms with Crippen molar-refractivity contribution in [2.75, 3.05) is 11.9 Å². The maximum absolute atomic E-state index is 12.3. The van der Waals surface area contributed by atoms with Gasteiger partial charge in [0.15, 0.2) is 0 Å². The van der Waals surface area contributed by atoms with Crippen molar-refractivity contribution in [2.45, 2.75) is 38.8 Å². The maximum atomic E-state index is 12.3. The van der Waals surface area contributed by atoms with Gasteiger partial charge < -0.3 is 20.5 Å². The Morgan fingerprint density at radius 3 is 2.36 bits per heavy atom. The molecule has 134 valence electrons. The van der Waals surface area contributed by atoms with Gasteiger partial charge in [0.25, 0.3) is 0 Å². The number of anilines is 1. The van der Waals surface area contributed by atoms with Crippen molar-refractivity contribution in [3.05, 3.63) is 60.2 Å². The van der Waals surface area contributed by atoms with Gasteiger partial charge in [0, 0.05) is 12.3 Å². The third kappa shape index (κ3) is 6.47. The summed E-state index contributed by atoms with van der Waals surface area (Å²) in [6, 6.07) is 16.6. The van der Waals surface area contributed by atoms with Crippen molar-refractivity contribution in [1.82, 2.24) is 5.32 Å². The first-order valence-corrected chi connectivity index (χ1v) is 8.58. The zero-order chi connectivity index (χ0) is 18.1. The Balaban J connectivity index is 1.96. The summed E-state index contributed by atoms with van der Waals surface area (Å²) < 4.78 is 5.59. The normalized spacial score (nSPS) is 11.8. The molecule has 2 rings (SSSR count). The number of aliphatic hydroxyl groups excluding tert-OH is 1. The van der Waals surface area contributed by atoms with Crippen LogP contribution in [0.1, 0.15) is 38.3 Å². The molecule has 2 amide bonds. The average molecular weight is 342 g/mol. The smallest absolute Gasteiger partial charge is 0.319 e. The van der Waals surface area contributed by atoms with Crippen LogP contribution in [0.3, 0.4) is 0 Å².